The van der Waals surface area contributed by atoms with E-state index in [1.54, 1.807) is 18.0 Å². The van der Waals surface area contributed by atoms with Crippen LogP contribution in [0, 0.1) is 0 Å². The van der Waals surface area contributed by atoms with E-state index in [-0.39, 0.29) is 50.2 Å². The molecule has 0 spiro atoms. The number of fused-ring (bicyclic) bond motifs is 1. The number of aliphatic hydroxyl groups is 1. The molecule has 1 aromatic heterocycles. The molecule has 3 aliphatic rings. The van der Waals surface area contributed by atoms with Crippen molar-refractivity contribution in [2.75, 3.05) is 13.2 Å². The van der Waals surface area contributed by atoms with E-state index in [9.17, 15) is 18.7 Å². The minimum Gasteiger partial charge on any atom is -0.412 e. The molecule has 212 valence electrons. The number of carbonyl (C=O) groups excluding carboxylic acids is 1. The number of hydrogen-bond donors (Lipinski definition) is 1. The second-order valence-electron chi connectivity index (χ2n) is 9.76. The molecule has 0 unspecified atom stereocenters. The molecule has 5 N–H and O–H groups in total. The fourth-order valence-corrected chi connectivity index (χ4v) is 6.18. The first-order valence-corrected chi connectivity index (χ1v) is 13.2. The van der Waals surface area contributed by atoms with Gasteiger partial charge in [0.15, 0.2) is 11.5 Å². The number of rotatable bonds is 8. The van der Waals surface area contributed by atoms with Crippen LogP contribution in [-0.2, 0) is 16.6 Å². The van der Waals surface area contributed by atoms with Gasteiger partial charge in [-0.3, -0.25) is 9.78 Å². The number of alkyl halides is 2. The molecule has 11 heteroatoms. The van der Waals surface area contributed by atoms with Gasteiger partial charge in [0.1, 0.15) is 5.78 Å². The lowest BCUT2D eigenvalue weighted by Crippen LogP contribution is -2.26. The standard InChI is InChI=1S/C28H26F2N2O4S.2H2O.2H2/c29-28(30)35-24-11-8-19(15-25(24)36-28)27(12-13-27)26(34)16-20-3-1-5-23(31-20)18-6-9-22(10-7-18)37-32-14-2-4-21(32)17-33;;;;/h1,3,5-11,15,21,33H,2,4,12-14,16-17H2;2*1H2;2*1H/t21-;;;;/m1..../s1. The van der Waals surface area contributed by atoms with E-state index in [1.807, 2.05) is 30.3 Å². The number of ether oxygens (including phenoxy) is 2. The number of nitrogens with zero attached hydrogens (tertiary/aromatic N) is 2. The fraction of sp³-hybridized carbons (Fsp3) is 0.357. The van der Waals surface area contributed by atoms with E-state index >= 15 is 0 Å². The Hall–Kier alpha value is -3.09. The first-order valence-electron chi connectivity index (χ1n) is 12.4. The molecule has 2 fully saturated rings. The number of ketones is 1. The Bertz CT molecular complexity index is 1350. The van der Waals surface area contributed by atoms with Crippen molar-refractivity contribution in [1.82, 2.24) is 9.29 Å². The highest BCUT2D eigenvalue weighted by Gasteiger charge is 2.52. The zero-order valence-electron chi connectivity index (χ0n) is 21.0. The molecular weight excluding hydrogens is 530 g/mol. The van der Waals surface area contributed by atoms with Crippen LogP contribution in [0.1, 0.15) is 39.8 Å². The number of carbonyl (C=O) groups is 1. The maximum Gasteiger partial charge on any atom is 0.586 e. The minimum atomic E-state index is -3.68. The number of Topliss-reactive ketones (excluding diaryl/α,β-unsaturated/α-hetero) is 1. The molecule has 2 aromatic carbocycles. The molecule has 1 saturated heterocycles. The molecule has 8 nitrogen and oxygen atoms in total. The van der Waals surface area contributed by atoms with Crippen molar-refractivity contribution in [3.05, 3.63) is 71.9 Å². The van der Waals surface area contributed by atoms with Crippen molar-refractivity contribution in [3.8, 4) is 22.8 Å². The van der Waals surface area contributed by atoms with Gasteiger partial charge in [-0.25, -0.2) is 4.31 Å². The Morgan fingerprint density at radius 3 is 2.54 bits per heavy atom. The Morgan fingerprint density at radius 1 is 1.08 bits per heavy atom. The first kappa shape index (κ1) is 28.9. The van der Waals surface area contributed by atoms with Crippen LogP contribution in [0.15, 0.2) is 65.6 Å². The summed E-state index contributed by atoms with van der Waals surface area (Å²) >= 11 is 1.66. The summed E-state index contributed by atoms with van der Waals surface area (Å²) in [6.07, 6.45) is -0.0902. The van der Waals surface area contributed by atoms with Crippen LogP contribution < -0.4 is 9.47 Å². The van der Waals surface area contributed by atoms with Gasteiger partial charge < -0.3 is 25.5 Å². The number of aromatic nitrogens is 1. The molecule has 1 atom stereocenters. The van der Waals surface area contributed by atoms with Crippen LogP contribution in [0.2, 0.25) is 0 Å². The third kappa shape index (κ3) is 5.78. The molecule has 39 heavy (non-hydrogen) atoms. The van der Waals surface area contributed by atoms with Gasteiger partial charge in [0.25, 0.3) is 0 Å². The summed E-state index contributed by atoms with van der Waals surface area (Å²) in [5.74, 6) is -0.0528. The molecule has 3 aromatic rings. The van der Waals surface area contributed by atoms with Crippen LogP contribution in [0.25, 0.3) is 11.3 Å². The SMILES string of the molecule is O.O.O=C(Cc1cccc(-c2ccc(SN3CCC[C@@H]3CO)cc2)n1)C1(c2ccc3c(c2)OC(F)(F)O3)CC1.[HH].[HH]. The van der Waals surface area contributed by atoms with Gasteiger partial charge in [0.05, 0.1) is 17.7 Å². The number of hydrogen-bond acceptors (Lipinski definition) is 7. The van der Waals surface area contributed by atoms with Crippen molar-refractivity contribution in [2.24, 2.45) is 0 Å². The summed E-state index contributed by atoms with van der Waals surface area (Å²) in [6, 6.07) is 18.6. The summed E-state index contributed by atoms with van der Waals surface area (Å²) in [7, 11) is 0. The van der Waals surface area contributed by atoms with Gasteiger partial charge >= 0.3 is 6.29 Å². The monoisotopic (exact) mass is 564 g/mol. The quantitative estimate of drug-likeness (QED) is 0.405. The molecule has 6 rings (SSSR count). The van der Waals surface area contributed by atoms with Gasteiger partial charge in [0.2, 0.25) is 0 Å². The maximum atomic E-state index is 13.4. The molecule has 0 bridgehead atoms. The third-order valence-electron chi connectivity index (χ3n) is 7.29. The van der Waals surface area contributed by atoms with Gasteiger partial charge in [0, 0.05) is 38.0 Å². The molecule has 0 radical (unpaired) electrons. The van der Waals surface area contributed by atoms with Crippen molar-refractivity contribution in [1.29, 1.82) is 0 Å². The van der Waals surface area contributed by atoms with Gasteiger partial charge in [-0.2, -0.15) is 0 Å². The van der Waals surface area contributed by atoms with Crippen LogP contribution in [0.5, 0.6) is 11.5 Å². The molecule has 1 saturated carbocycles. The highest BCUT2D eigenvalue weighted by Crippen LogP contribution is 2.52. The van der Waals surface area contributed by atoms with E-state index in [0.29, 0.717) is 24.1 Å². The molecule has 1 aliphatic carbocycles. The number of halogens is 2. The summed E-state index contributed by atoms with van der Waals surface area (Å²) in [4.78, 5) is 19.2. The predicted molar refractivity (Wildman–Crippen MR) is 146 cm³/mol. The molecule has 3 heterocycles. The zero-order chi connectivity index (χ0) is 25.6. The topological polar surface area (TPSA) is 135 Å². The summed E-state index contributed by atoms with van der Waals surface area (Å²) in [5.41, 5.74) is 2.38. The Balaban J connectivity index is 0.00000147. The summed E-state index contributed by atoms with van der Waals surface area (Å²) < 4.78 is 38.1. The third-order valence-corrected chi connectivity index (χ3v) is 8.49. The van der Waals surface area contributed by atoms with E-state index in [1.165, 1.54) is 12.1 Å². The van der Waals surface area contributed by atoms with E-state index in [2.05, 4.69) is 25.9 Å². The number of benzene rings is 2. The predicted octanol–water partition coefficient (Wildman–Crippen LogP) is 4.22. The molecule has 0 amide bonds. The maximum absolute atomic E-state index is 13.4. The van der Waals surface area contributed by atoms with Crippen LogP contribution in [0.4, 0.5) is 8.78 Å². The first-order chi connectivity index (χ1) is 17.8. The van der Waals surface area contributed by atoms with E-state index in [0.717, 1.165) is 35.5 Å². The Labute approximate surface area is 231 Å². The second kappa shape index (κ2) is 11.2. The summed E-state index contributed by atoms with van der Waals surface area (Å²) in [5, 5.41) is 9.55. The number of aliphatic hydroxyl groups excluding tert-OH is 1. The molecule has 2 aliphatic heterocycles. The van der Waals surface area contributed by atoms with E-state index < -0.39 is 11.7 Å². The average Bonchev–Trinajstić information content (AvgIpc) is 3.48. The van der Waals surface area contributed by atoms with Crippen LogP contribution in [-0.4, -0.2) is 56.6 Å². The van der Waals surface area contributed by atoms with Crippen LogP contribution >= 0.6 is 11.9 Å². The zero-order valence-corrected chi connectivity index (χ0v) is 21.8. The van der Waals surface area contributed by atoms with Crippen molar-refractivity contribution in [2.45, 2.75) is 54.8 Å². The van der Waals surface area contributed by atoms with Gasteiger partial charge in [-0.15, -0.1) is 8.78 Å². The lowest BCUT2D eigenvalue weighted by atomic mass is 9.88. The van der Waals surface area contributed by atoms with E-state index in [4.69, 9.17) is 4.98 Å². The highest BCUT2D eigenvalue weighted by atomic mass is 32.2. The van der Waals surface area contributed by atoms with Gasteiger partial charge in [-0.1, -0.05) is 24.3 Å². The van der Waals surface area contributed by atoms with Crippen molar-refractivity contribution < 1.29 is 42.0 Å². The smallest absolute Gasteiger partial charge is 0.412 e. The lowest BCUT2D eigenvalue weighted by Gasteiger charge is -2.21. The second-order valence-corrected chi connectivity index (χ2v) is 10.9. The van der Waals surface area contributed by atoms with Crippen LogP contribution in [0.3, 0.4) is 0 Å². The largest absolute Gasteiger partial charge is 0.586 e. The molecular formula is C28H34F2N2O6S. The normalized spacial score (nSPS) is 20.1. The van der Waals surface area contributed by atoms with Gasteiger partial charge in [-0.05, 0) is 79.6 Å². The minimum absolute atomic E-state index is 0. The van der Waals surface area contributed by atoms with Crippen molar-refractivity contribution >= 4 is 17.7 Å². The fourth-order valence-electron chi connectivity index (χ4n) is 5.11. The summed E-state index contributed by atoms with van der Waals surface area (Å²) in [6.45, 7) is 1.14. The number of pyridine rings is 1. The Morgan fingerprint density at radius 2 is 1.82 bits per heavy atom. The lowest BCUT2D eigenvalue weighted by molar-refractivity contribution is -0.286. The average molecular weight is 565 g/mol. The Kier molecular flexibility index (Phi) is 8.29. The van der Waals surface area contributed by atoms with Crippen molar-refractivity contribution in [3.63, 3.8) is 0 Å². The highest BCUT2D eigenvalue weighted by molar-refractivity contribution is 7.97.